The average molecular weight is 422 g/mol. The minimum Gasteiger partial charge on any atom is -0.422 e. The number of para-hydroxylation sites is 2. The Morgan fingerprint density at radius 3 is 2.59 bits per heavy atom. The topological polar surface area (TPSA) is 82.9 Å². The molecule has 0 unspecified atom stereocenters. The van der Waals surface area contributed by atoms with E-state index < -0.39 is 5.63 Å². The standard InChI is InChI=1S/C25H18N4O3/c1-28-15-19(14-26-28)22(30)12-11-18-16-29(20-8-3-2-4-9-20)27-24(18)21-13-17-7-5-6-10-23(17)32-25(21)31/h2-16H,1H3. The van der Waals surface area contributed by atoms with Crippen molar-refractivity contribution in [3.8, 4) is 16.9 Å². The van der Waals surface area contributed by atoms with Gasteiger partial charge < -0.3 is 4.42 Å². The zero-order chi connectivity index (χ0) is 22.1. The highest BCUT2D eigenvalue weighted by atomic mass is 16.4. The highest BCUT2D eigenvalue weighted by molar-refractivity contribution is 6.06. The molecule has 7 nitrogen and oxygen atoms in total. The number of hydrogen-bond acceptors (Lipinski definition) is 5. The van der Waals surface area contributed by atoms with E-state index in [0.29, 0.717) is 28.0 Å². The van der Waals surface area contributed by atoms with Crippen LogP contribution in [-0.2, 0) is 7.05 Å². The van der Waals surface area contributed by atoms with E-state index in [1.165, 1.54) is 12.3 Å². The Bertz CT molecular complexity index is 1520. The number of aryl methyl sites for hydroxylation is 1. The zero-order valence-corrected chi connectivity index (χ0v) is 17.2. The van der Waals surface area contributed by atoms with E-state index in [2.05, 4.69) is 10.2 Å². The predicted octanol–water partition coefficient (Wildman–Crippen LogP) is 4.28. The Morgan fingerprint density at radius 2 is 1.81 bits per heavy atom. The first-order valence-electron chi connectivity index (χ1n) is 9.98. The second-order valence-electron chi connectivity index (χ2n) is 7.30. The van der Waals surface area contributed by atoms with Crippen LogP contribution in [0.4, 0.5) is 0 Å². The van der Waals surface area contributed by atoms with Crippen molar-refractivity contribution in [3.63, 3.8) is 0 Å². The molecule has 7 heteroatoms. The molecular weight excluding hydrogens is 404 g/mol. The molecule has 0 bridgehead atoms. The Balaban J connectivity index is 1.63. The fourth-order valence-electron chi connectivity index (χ4n) is 3.47. The normalized spacial score (nSPS) is 11.4. The van der Waals surface area contributed by atoms with Crippen LogP contribution < -0.4 is 5.63 Å². The van der Waals surface area contributed by atoms with Gasteiger partial charge in [-0.05, 0) is 36.4 Å². The van der Waals surface area contributed by atoms with Crippen LogP contribution in [0.1, 0.15) is 15.9 Å². The molecule has 0 radical (unpaired) electrons. The summed E-state index contributed by atoms with van der Waals surface area (Å²) in [6.07, 6.45) is 8.06. The molecule has 0 fully saturated rings. The van der Waals surface area contributed by atoms with Crippen molar-refractivity contribution in [1.82, 2.24) is 19.6 Å². The molecule has 0 aliphatic rings. The lowest BCUT2D eigenvalue weighted by atomic mass is 10.1. The van der Waals surface area contributed by atoms with Gasteiger partial charge in [0.25, 0.3) is 0 Å². The molecule has 3 heterocycles. The summed E-state index contributed by atoms with van der Waals surface area (Å²) in [5.41, 5.74) is 2.70. The molecule has 5 rings (SSSR count). The summed E-state index contributed by atoms with van der Waals surface area (Å²) >= 11 is 0. The number of carbonyl (C=O) groups excluding carboxylic acids is 1. The van der Waals surface area contributed by atoms with Crippen LogP contribution in [0, 0.1) is 0 Å². The SMILES string of the molecule is Cn1cc(C(=O)C=Cc2cn(-c3ccccc3)nc2-c2cc3ccccc3oc2=O)cn1. The van der Waals surface area contributed by atoms with Crippen LogP contribution >= 0.6 is 0 Å². The van der Waals surface area contributed by atoms with Gasteiger partial charge in [-0.3, -0.25) is 9.48 Å². The van der Waals surface area contributed by atoms with Crippen molar-refractivity contribution in [2.75, 3.05) is 0 Å². The number of allylic oxidation sites excluding steroid dienone is 1. The van der Waals surface area contributed by atoms with Gasteiger partial charge in [-0.1, -0.05) is 36.4 Å². The molecule has 0 spiro atoms. The summed E-state index contributed by atoms with van der Waals surface area (Å²) in [6, 6.07) is 18.6. The van der Waals surface area contributed by atoms with Crippen LogP contribution in [0.25, 0.3) is 34.0 Å². The van der Waals surface area contributed by atoms with Crippen molar-refractivity contribution in [2.45, 2.75) is 0 Å². The lowest BCUT2D eigenvalue weighted by Crippen LogP contribution is -2.04. The second kappa shape index (κ2) is 7.96. The summed E-state index contributed by atoms with van der Waals surface area (Å²) in [4.78, 5) is 25.3. The Morgan fingerprint density at radius 1 is 1.03 bits per heavy atom. The van der Waals surface area contributed by atoms with Gasteiger partial charge in [-0.25, -0.2) is 9.48 Å². The molecule has 0 amide bonds. The highest BCUT2D eigenvalue weighted by Crippen LogP contribution is 2.25. The van der Waals surface area contributed by atoms with Gasteiger partial charge >= 0.3 is 5.63 Å². The zero-order valence-electron chi connectivity index (χ0n) is 17.2. The van der Waals surface area contributed by atoms with Crippen molar-refractivity contribution < 1.29 is 9.21 Å². The maximum Gasteiger partial charge on any atom is 0.345 e. The van der Waals surface area contributed by atoms with Gasteiger partial charge in [-0.2, -0.15) is 10.2 Å². The number of benzene rings is 2. The van der Waals surface area contributed by atoms with Gasteiger partial charge in [0, 0.05) is 30.4 Å². The van der Waals surface area contributed by atoms with Crippen LogP contribution in [-0.4, -0.2) is 25.3 Å². The smallest absolute Gasteiger partial charge is 0.345 e. The van der Waals surface area contributed by atoms with Gasteiger partial charge in [0.15, 0.2) is 5.78 Å². The third-order valence-electron chi connectivity index (χ3n) is 5.06. The molecule has 0 saturated heterocycles. The minimum absolute atomic E-state index is 0.193. The number of carbonyl (C=O) groups is 1. The molecule has 0 aliphatic heterocycles. The fraction of sp³-hybridized carbons (Fsp3) is 0.0400. The van der Waals surface area contributed by atoms with Gasteiger partial charge in [0.2, 0.25) is 0 Å². The molecular formula is C25H18N4O3. The maximum absolute atomic E-state index is 12.8. The molecule has 5 aromatic rings. The molecule has 3 aromatic heterocycles. The minimum atomic E-state index is -0.491. The number of ketones is 1. The van der Waals surface area contributed by atoms with E-state index in [9.17, 15) is 9.59 Å². The predicted molar refractivity (Wildman–Crippen MR) is 122 cm³/mol. The molecule has 32 heavy (non-hydrogen) atoms. The second-order valence-corrected chi connectivity index (χ2v) is 7.30. The van der Waals surface area contributed by atoms with E-state index in [0.717, 1.165) is 11.1 Å². The number of aromatic nitrogens is 4. The first kappa shape index (κ1) is 19.4. The van der Waals surface area contributed by atoms with Gasteiger partial charge in [-0.15, -0.1) is 0 Å². The van der Waals surface area contributed by atoms with Crippen LogP contribution in [0.15, 0.2) is 94.5 Å². The van der Waals surface area contributed by atoms with Crippen LogP contribution in [0.3, 0.4) is 0 Å². The summed E-state index contributed by atoms with van der Waals surface area (Å²) in [7, 11) is 1.75. The third kappa shape index (κ3) is 3.67. The quantitative estimate of drug-likeness (QED) is 0.240. The first-order valence-corrected chi connectivity index (χ1v) is 9.98. The fourth-order valence-corrected chi connectivity index (χ4v) is 3.47. The van der Waals surface area contributed by atoms with E-state index in [1.807, 2.05) is 48.5 Å². The molecule has 0 atom stereocenters. The Kier molecular flexibility index (Phi) is 4.84. The van der Waals surface area contributed by atoms with Crippen molar-refractivity contribution in [3.05, 3.63) is 107 Å². The van der Waals surface area contributed by atoms with E-state index in [1.54, 1.807) is 47.0 Å². The first-order chi connectivity index (χ1) is 15.6. The van der Waals surface area contributed by atoms with Crippen molar-refractivity contribution >= 4 is 22.8 Å². The third-order valence-corrected chi connectivity index (χ3v) is 5.06. The van der Waals surface area contributed by atoms with Crippen molar-refractivity contribution in [1.29, 1.82) is 0 Å². The van der Waals surface area contributed by atoms with E-state index >= 15 is 0 Å². The van der Waals surface area contributed by atoms with Gasteiger partial charge in [0.05, 0.1) is 23.0 Å². The van der Waals surface area contributed by atoms with E-state index in [4.69, 9.17) is 4.42 Å². The molecule has 0 N–H and O–H groups in total. The van der Waals surface area contributed by atoms with Crippen molar-refractivity contribution in [2.24, 2.45) is 7.05 Å². The van der Waals surface area contributed by atoms with Gasteiger partial charge in [0.1, 0.15) is 11.3 Å². The molecule has 0 saturated carbocycles. The average Bonchev–Trinajstić information content (AvgIpc) is 3.44. The largest absolute Gasteiger partial charge is 0.422 e. The summed E-state index contributed by atoms with van der Waals surface area (Å²) in [5.74, 6) is -0.193. The number of rotatable bonds is 5. The number of nitrogens with zero attached hydrogens (tertiary/aromatic N) is 4. The Hall–Kier alpha value is -4.52. The number of fused-ring (bicyclic) bond motifs is 1. The molecule has 2 aromatic carbocycles. The monoisotopic (exact) mass is 422 g/mol. The summed E-state index contributed by atoms with van der Waals surface area (Å²) < 4.78 is 8.76. The van der Waals surface area contributed by atoms with Crippen LogP contribution in [0.5, 0.6) is 0 Å². The lowest BCUT2D eigenvalue weighted by Gasteiger charge is -2.01. The lowest BCUT2D eigenvalue weighted by molar-refractivity contribution is 0.104. The van der Waals surface area contributed by atoms with E-state index in [-0.39, 0.29) is 5.78 Å². The Labute approximate surface area is 182 Å². The van der Waals surface area contributed by atoms with Crippen LogP contribution in [0.2, 0.25) is 0 Å². The molecule has 0 aliphatic carbocycles. The summed E-state index contributed by atoms with van der Waals surface area (Å²) in [5, 5.41) is 9.47. The maximum atomic E-state index is 12.8. The molecule has 156 valence electrons. The number of hydrogen-bond donors (Lipinski definition) is 0. The summed E-state index contributed by atoms with van der Waals surface area (Å²) in [6.45, 7) is 0. The highest BCUT2D eigenvalue weighted by Gasteiger charge is 2.16.